The summed E-state index contributed by atoms with van der Waals surface area (Å²) in [5.41, 5.74) is 1.96. The Morgan fingerprint density at radius 1 is 1.04 bits per heavy atom. The summed E-state index contributed by atoms with van der Waals surface area (Å²) in [6.45, 7) is 0. The number of carbonyl (C=O) groups is 2. The maximum absolute atomic E-state index is 13.7. The summed E-state index contributed by atoms with van der Waals surface area (Å²) < 4.78 is 13.7. The number of aromatic nitrogens is 1. The molecular formula is C19H16FN3O2. The van der Waals surface area contributed by atoms with Crippen molar-refractivity contribution < 1.29 is 14.0 Å². The molecular weight excluding hydrogens is 321 g/mol. The molecule has 5 nitrogen and oxygen atoms in total. The molecule has 3 N–H and O–H groups in total. The van der Waals surface area contributed by atoms with Crippen molar-refractivity contribution >= 4 is 28.4 Å². The van der Waals surface area contributed by atoms with E-state index in [2.05, 4.69) is 15.6 Å². The number of amides is 2. The fraction of sp³-hybridized carbons (Fsp3) is 0.158. The number of hydrogen-bond acceptors (Lipinski definition) is 2. The topological polar surface area (TPSA) is 74.0 Å². The van der Waals surface area contributed by atoms with Crippen LogP contribution < -0.4 is 10.6 Å². The Balaban J connectivity index is 1.47. The molecule has 6 heteroatoms. The molecule has 0 atom stereocenters. The minimum Gasteiger partial charge on any atom is -0.350 e. The number of fused-ring (bicyclic) bond motifs is 1. The molecule has 0 unspecified atom stereocenters. The number of benzene rings is 2. The van der Waals surface area contributed by atoms with E-state index in [9.17, 15) is 14.0 Å². The quantitative estimate of drug-likeness (QED) is 0.682. The van der Waals surface area contributed by atoms with E-state index in [0.29, 0.717) is 28.2 Å². The van der Waals surface area contributed by atoms with Crippen LogP contribution in [0.15, 0.2) is 48.5 Å². The van der Waals surface area contributed by atoms with Crippen molar-refractivity contribution in [2.45, 2.75) is 18.9 Å². The molecule has 1 fully saturated rings. The lowest BCUT2D eigenvalue weighted by Crippen LogP contribution is -2.25. The van der Waals surface area contributed by atoms with Gasteiger partial charge < -0.3 is 15.6 Å². The zero-order chi connectivity index (χ0) is 17.4. The van der Waals surface area contributed by atoms with Gasteiger partial charge in [-0.2, -0.15) is 0 Å². The van der Waals surface area contributed by atoms with E-state index in [1.165, 1.54) is 12.1 Å². The minimum atomic E-state index is -0.376. The van der Waals surface area contributed by atoms with Crippen LogP contribution in [0.3, 0.4) is 0 Å². The van der Waals surface area contributed by atoms with Gasteiger partial charge >= 0.3 is 0 Å². The van der Waals surface area contributed by atoms with Crippen molar-refractivity contribution in [2.24, 2.45) is 0 Å². The van der Waals surface area contributed by atoms with Gasteiger partial charge in [0.25, 0.3) is 11.8 Å². The zero-order valence-corrected chi connectivity index (χ0v) is 13.3. The molecule has 4 rings (SSSR count). The average molecular weight is 337 g/mol. The number of nitrogens with one attached hydrogen (secondary N) is 3. The summed E-state index contributed by atoms with van der Waals surface area (Å²) >= 11 is 0. The first-order valence-electron chi connectivity index (χ1n) is 8.10. The molecule has 25 heavy (non-hydrogen) atoms. The predicted molar refractivity (Wildman–Crippen MR) is 93.1 cm³/mol. The second-order valence-corrected chi connectivity index (χ2v) is 6.16. The summed E-state index contributed by atoms with van der Waals surface area (Å²) in [7, 11) is 0. The highest BCUT2D eigenvalue weighted by molar-refractivity contribution is 6.06. The molecule has 0 spiro atoms. The van der Waals surface area contributed by atoms with Crippen LogP contribution in [0.1, 0.15) is 33.7 Å². The first kappa shape index (κ1) is 15.4. The normalized spacial score (nSPS) is 13.6. The molecule has 0 aliphatic heterocycles. The number of rotatable bonds is 4. The van der Waals surface area contributed by atoms with E-state index in [1.54, 1.807) is 36.4 Å². The number of hydrogen-bond donors (Lipinski definition) is 3. The first-order chi connectivity index (χ1) is 12.1. The van der Waals surface area contributed by atoms with E-state index in [-0.39, 0.29) is 23.3 Å². The van der Waals surface area contributed by atoms with Gasteiger partial charge in [0.1, 0.15) is 11.5 Å². The lowest BCUT2D eigenvalue weighted by molar-refractivity contribution is 0.0950. The van der Waals surface area contributed by atoms with E-state index >= 15 is 0 Å². The fourth-order valence-electron chi connectivity index (χ4n) is 2.64. The van der Waals surface area contributed by atoms with Crippen molar-refractivity contribution in [1.29, 1.82) is 0 Å². The van der Waals surface area contributed by atoms with Crippen molar-refractivity contribution in [3.05, 3.63) is 65.6 Å². The molecule has 0 radical (unpaired) electrons. The first-order valence-corrected chi connectivity index (χ1v) is 8.10. The summed E-state index contributed by atoms with van der Waals surface area (Å²) in [4.78, 5) is 27.2. The van der Waals surface area contributed by atoms with Crippen LogP contribution in [0.4, 0.5) is 10.1 Å². The molecule has 2 aromatic carbocycles. The second-order valence-electron chi connectivity index (χ2n) is 6.16. The molecule has 126 valence electrons. The van der Waals surface area contributed by atoms with Gasteiger partial charge in [0.05, 0.1) is 0 Å². The lowest BCUT2D eigenvalue weighted by atomic mass is 10.2. The van der Waals surface area contributed by atoms with Crippen LogP contribution >= 0.6 is 0 Å². The summed E-state index contributed by atoms with van der Waals surface area (Å²) in [6.07, 6.45) is 2.07. The Bertz CT molecular complexity index is 958. The Hall–Kier alpha value is -3.15. The Morgan fingerprint density at radius 2 is 1.80 bits per heavy atom. The van der Waals surface area contributed by atoms with Gasteiger partial charge in [-0.1, -0.05) is 6.07 Å². The van der Waals surface area contributed by atoms with Gasteiger partial charge in [0, 0.05) is 28.2 Å². The van der Waals surface area contributed by atoms with Crippen LogP contribution in [0.2, 0.25) is 0 Å². The molecule has 1 aliphatic carbocycles. The number of halogens is 1. The molecule has 3 aromatic rings. The fourth-order valence-corrected chi connectivity index (χ4v) is 2.64. The van der Waals surface area contributed by atoms with E-state index in [4.69, 9.17) is 0 Å². The summed E-state index contributed by atoms with van der Waals surface area (Å²) in [6, 6.07) is 13.1. The van der Waals surface area contributed by atoms with Crippen molar-refractivity contribution in [1.82, 2.24) is 10.3 Å². The minimum absolute atomic E-state index is 0.105. The van der Waals surface area contributed by atoms with Gasteiger partial charge in [-0.15, -0.1) is 0 Å². The maximum atomic E-state index is 13.7. The zero-order valence-electron chi connectivity index (χ0n) is 13.3. The average Bonchev–Trinajstić information content (AvgIpc) is 3.30. The highest BCUT2D eigenvalue weighted by Crippen LogP contribution is 2.21. The molecule has 1 aromatic heterocycles. The third-order valence-corrected chi connectivity index (χ3v) is 4.17. The van der Waals surface area contributed by atoms with Crippen molar-refractivity contribution in [3.8, 4) is 0 Å². The lowest BCUT2D eigenvalue weighted by Gasteiger charge is -2.06. The summed E-state index contributed by atoms with van der Waals surface area (Å²) in [5, 5.41) is 6.02. The maximum Gasteiger partial charge on any atom is 0.272 e. The summed E-state index contributed by atoms with van der Waals surface area (Å²) in [5.74, 6) is -0.851. The highest BCUT2D eigenvalue weighted by atomic mass is 19.1. The molecule has 1 saturated carbocycles. The van der Waals surface area contributed by atoms with Crippen LogP contribution in [0, 0.1) is 5.82 Å². The standard InChI is InChI=1S/C19H16FN3O2/c20-15-2-1-3-16-14(15)10-17(23-16)19(25)22-12-6-4-11(5-7-12)18(24)21-13-8-9-13/h1-7,10,13,23H,8-9H2,(H,21,24)(H,22,25). The Morgan fingerprint density at radius 3 is 2.48 bits per heavy atom. The number of carbonyl (C=O) groups excluding carboxylic acids is 2. The molecule has 2 amide bonds. The smallest absolute Gasteiger partial charge is 0.272 e. The van der Waals surface area contributed by atoms with E-state index in [1.807, 2.05) is 0 Å². The third-order valence-electron chi connectivity index (χ3n) is 4.17. The SMILES string of the molecule is O=C(NC1CC1)c1ccc(NC(=O)c2cc3c(F)cccc3[nH]2)cc1. The van der Waals surface area contributed by atoms with Gasteiger partial charge in [-0.25, -0.2) is 4.39 Å². The van der Waals surface area contributed by atoms with Crippen molar-refractivity contribution in [2.75, 3.05) is 5.32 Å². The van der Waals surface area contributed by atoms with Crippen LogP contribution in [-0.2, 0) is 0 Å². The van der Waals surface area contributed by atoms with Gasteiger partial charge in [0.15, 0.2) is 0 Å². The predicted octanol–water partition coefficient (Wildman–Crippen LogP) is 3.45. The molecule has 0 saturated heterocycles. The number of aromatic amines is 1. The molecule has 0 bridgehead atoms. The monoisotopic (exact) mass is 337 g/mol. The molecule has 1 heterocycles. The molecule has 1 aliphatic rings. The van der Waals surface area contributed by atoms with Gasteiger partial charge in [-0.3, -0.25) is 9.59 Å². The Kier molecular flexibility index (Phi) is 3.72. The third kappa shape index (κ3) is 3.24. The highest BCUT2D eigenvalue weighted by Gasteiger charge is 2.23. The van der Waals surface area contributed by atoms with E-state index < -0.39 is 0 Å². The largest absolute Gasteiger partial charge is 0.350 e. The van der Waals surface area contributed by atoms with Gasteiger partial charge in [0.2, 0.25) is 0 Å². The van der Waals surface area contributed by atoms with Crippen LogP contribution in [0.25, 0.3) is 10.9 Å². The van der Waals surface area contributed by atoms with Gasteiger partial charge in [-0.05, 0) is 55.3 Å². The van der Waals surface area contributed by atoms with Crippen LogP contribution in [-0.4, -0.2) is 22.8 Å². The Labute approximate surface area is 143 Å². The van der Waals surface area contributed by atoms with Crippen LogP contribution in [0.5, 0.6) is 0 Å². The van der Waals surface area contributed by atoms with Crippen molar-refractivity contribution in [3.63, 3.8) is 0 Å². The van der Waals surface area contributed by atoms with E-state index in [0.717, 1.165) is 12.8 Å². The second kappa shape index (κ2) is 6.05. The number of anilines is 1. The number of H-pyrrole nitrogens is 1.